The van der Waals surface area contributed by atoms with Crippen LogP contribution in [0.25, 0.3) is 0 Å². The van der Waals surface area contributed by atoms with Crippen LogP contribution in [0.1, 0.15) is 39.6 Å². The van der Waals surface area contributed by atoms with E-state index in [1.54, 1.807) is 18.2 Å². The molecule has 1 aromatic rings. The molecule has 0 amide bonds. The predicted octanol–water partition coefficient (Wildman–Crippen LogP) is 2.15. The monoisotopic (exact) mass is 264 g/mol. The zero-order valence-electron chi connectivity index (χ0n) is 10.6. The Bertz CT molecular complexity index is 526. The molecule has 0 aliphatic carbocycles. The van der Waals surface area contributed by atoms with E-state index < -0.39 is 10.8 Å². The number of ketones is 2. The summed E-state index contributed by atoms with van der Waals surface area (Å²) < 4.78 is 11.0. The van der Waals surface area contributed by atoms with E-state index in [1.165, 1.54) is 6.92 Å². The van der Waals surface area contributed by atoms with Crippen LogP contribution in [0.15, 0.2) is 18.2 Å². The normalized spacial score (nSPS) is 22.3. The van der Waals surface area contributed by atoms with Crippen LogP contribution in [0.5, 0.6) is 0 Å². The fourth-order valence-electron chi connectivity index (χ4n) is 2.16. The lowest BCUT2D eigenvalue weighted by atomic mass is 9.95. The average Bonchev–Trinajstić information content (AvgIpc) is 2.26. The fraction of sp³-hybridized carbons (Fsp3) is 0.429. The van der Waals surface area contributed by atoms with Crippen molar-refractivity contribution in [2.45, 2.75) is 20.3 Å². The molecule has 96 valence electrons. The molecule has 1 aliphatic rings. The van der Waals surface area contributed by atoms with Gasteiger partial charge in [0.15, 0.2) is 11.6 Å². The lowest BCUT2D eigenvalue weighted by Crippen LogP contribution is -2.32. The minimum atomic E-state index is -0.707. The quantitative estimate of drug-likeness (QED) is 0.783. The SMILES string of the molecule is CC(=O)c1ccc(C(=O)CC2CS(=O)C2)c(C)c1. The van der Waals surface area contributed by atoms with Crippen LogP contribution in [0, 0.1) is 12.8 Å². The second-order valence-corrected chi connectivity index (χ2v) is 6.40. The maximum absolute atomic E-state index is 12.1. The molecule has 0 spiro atoms. The van der Waals surface area contributed by atoms with Crippen molar-refractivity contribution in [3.63, 3.8) is 0 Å². The summed E-state index contributed by atoms with van der Waals surface area (Å²) in [5, 5.41) is 0. The lowest BCUT2D eigenvalue weighted by Gasteiger charge is -2.24. The average molecular weight is 264 g/mol. The highest BCUT2D eigenvalue weighted by atomic mass is 32.2. The Balaban J connectivity index is 2.10. The number of carbonyl (C=O) groups is 2. The second-order valence-electron chi connectivity index (χ2n) is 4.85. The Morgan fingerprint density at radius 3 is 2.50 bits per heavy atom. The van der Waals surface area contributed by atoms with Gasteiger partial charge >= 0.3 is 0 Å². The standard InChI is InChI=1S/C14H16O3S/c1-9-5-12(10(2)15)3-4-13(9)14(16)6-11-7-18(17)8-11/h3-5,11H,6-8H2,1-2H3. The number of Topliss-reactive ketones (excluding diaryl/α,β-unsaturated/α-hetero) is 2. The Morgan fingerprint density at radius 2 is 2.00 bits per heavy atom. The number of benzene rings is 1. The summed E-state index contributed by atoms with van der Waals surface area (Å²) in [4.78, 5) is 23.3. The number of hydrogen-bond acceptors (Lipinski definition) is 3. The van der Waals surface area contributed by atoms with E-state index in [2.05, 4.69) is 0 Å². The summed E-state index contributed by atoms with van der Waals surface area (Å²) in [6, 6.07) is 5.18. The molecule has 1 aliphatic heterocycles. The molecule has 1 saturated heterocycles. The summed E-state index contributed by atoms with van der Waals surface area (Å²) in [6.07, 6.45) is 0.464. The summed E-state index contributed by atoms with van der Waals surface area (Å²) in [5.41, 5.74) is 2.15. The van der Waals surface area contributed by atoms with E-state index in [1.807, 2.05) is 6.92 Å². The Hall–Kier alpha value is -1.29. The summed E-state index contributed by atoms with van der Waals surface area (Å²) >= 11 is 0. The van der Waals surface area contributed by atoms with Crippen LogP contribution < -0.4 is 0 Å². The van der Waals surface area contributed by atoms with Crippen molar-refractivity contribution in [3.8, 4) is 0 Å². The zero-order chi connectivity index (χ0) is 13.3. The molecule has 1 fully saturated rings. The van der Waals surface area contributed by atoms with Crippen molar-refractivity contribution in [2.75, 3.05) is 11.5 Å². The first-order chi connectivity index (χ1) is 8.47. The minimum Gasteiger partial charge on any atom is -0.295 e. The molecule has 18 heavy (non-hydrogen) atoms. The van der Waals surface area contributed by atoms with Gasteiger partial charge in [0, 0.05) is 39.9 Å². The third-order valence-corrected chi connectivity index (χ3v) is 4.94. The summed E-state index contributed by atoms with van der Waals surface area (Å²) in [5.74, 6) is 1.66. The maximum atomic E-state index is 12.1. The molecule has 0 aromatic heterocycles. The first-order valence-corrected chi connectivity index (χ1v) is 7.46. The first kappa shape index (κ1) is 13.1. The van der Waals surface area contributed by atoms with Crippen molar-refractivity contribution in [1.82, 2.24) is 0 Å². The third kappa shape index (κ3) is 2.75. The summed E-state index contributed by atoms with van der Waals surface area (Å²) in [7, 11) is -0.707. The molecule has 4 heteroatoms. The molecule has 0 saturated carbocycles. The van der Waals surface area contributed by atoms with Crippen LogP contribution in [0.2, 0.25) is 0 Å². The van der Waals surface area contributed by atoms with Gasteiger partial charge in [0.05, 0.1) is 0 Å². The number of carbonyl (C=O) groups excluding carboxylic acids is 2. The second kappa shape index (κ2) is 5.14. The minimum absolute atomic E-state index is 0.00601. The smallest absolute Gasteiger partial charge is 0.163 e. The molecular weight excluding hydrogens is 248 g/mol. The fourth-order valence-corrected chi connectivity index (χ4v) is 3.35. The highest BCUT2D eigenvalue weighted by molar-refractivity contribution is 7.86. The molecule has 0 unspecified atom stereocenters. The molecule has 3 nitrogen and oxygen atoms in total. The van der Waals surface area contributed by atoms with Gasteiger partial charge in [0.1, 0.15) is 0 Å². The molecule has 1 heterocycles. The number of rotatable bonds is 4. The zero-order valence-corrected chi connectivity index (χ0v) is 11.4. The summed E-state index contributed by atoms with van der Waals surface area (Å²) in [6.45, 7) is 3.36. The van der Waals surface area contributed by atoms with Gasteiger partial charge in [-0.3, -0.25) is 13.8 Å². The van der Waals surface area contributed by atoms with E-state index in [4.69, 9.17) is 0 Å². The molecular formula is C14H16O3S. The van der Waals surface area contributed by atoms with Crippen LogP contribution in [-0.4, -0.2) is 27.3 Å². The Morgan fingerprint density at radius 1 is 1.33 bits per heavy atom. The van der Waals surface area contributed by atoms with Crippen LogP contribution in [0.4, 0.5) is 0 Å². The van der Waals surface area contributed by atoms with Gasteiger partial charge in [-0.05, 0) is 31.4 Å². The van der Waals surface area contributed by atoms with Crippen LogP contribution in [-0.2, 0) is 10.8 Å². The van der Waals surface area contributed by atoms with Gasteiger partial charge in [-0.25, -0.2) is 0 Å². The molecule has 2 rings (SSSR count). The van der Waals surface area contributed by atoms with Crippen molar-refractivity contribution in [3.05, 3.63) is 34.9 Å². The molecule has 0 N–H and O–H groups in total. The van der Waals surface area contributed by atoms with Gasteiger partial charge < -0.3 is 0 Å². The third-order valence-electron chi connectivity index (χ3n) is 3.25. The molecule has 1 aromatic carbocycles. The van der Waals surface area contributed by atoms with E-state index in [9.17, 15) is 13.8 Å². The molecule has 0 radical (unpaired) electrons. The van der Waals surface area contributed by atoms with E-state index >= 15 is 0 Å². The van der Waals surface area contributed by atoms with Gasteiger partial charge in [0.25, 0.3) is 0 Å². The molecule has 0 bridgehead atoms. The van der Waals surface area contributed by atoms with Crippen molar-refractivity contribution >= 4 is 22.4 Å². The highest BCUT2D eigenvalue weighted by Crippen LogP contribution is 2.22. The van der Waals surface area contributed by atoms with E-state index in [-0.39, 0.29) is 17.5 Å². The van der Waals surface area contributed by atoms with Crippen LogP contribution in [0.3, 0.4) is 0 Å². The lowest BCUT2D eigenvalue weighted by molar-refractivity contribution is 0.0963. The van der Waals surface area contributed by atoms with Gasteiger partial charge in [-0.2, -0.15) is 0 Å². The Labute approximate surface area is 109 Å². The van der Waals surface area contributed by atoms with Gasteiger partial charge in [-0.15, -0.1) is 0 Å². The van der Waals surface area contributed by atoms with E-state index in [0.717, 1.165) is 5.56 Å². The Kier molecular flexibility index (Phi) is 3.76. The maximum Gasteiger partial charge on any atom is 0.163 e. The van der Waals surface area contributed by atoms with Gasteiger partial charge in [-0.1, -0.05) is 12.1 Å². The first-order valence-electron chi connectivity index (χ1n) is 5.97. The van der Waals surface area contributed by atoms with Crippen molar-refractivity contribution in [2.24, 2.45) is 5.92 Å². The number of aryl methyl sites for hydroxylation is 1. The van der Waals surface area contributed by atoms with E-state index in [0.29, 0.717) is 29.1 Å². The topological polar surface area (TPSA) is 51.2 Å². The van der Waals surface area contributed by atoms with Crippen molar-refractivity contribution in [1.29, 1.82) is 0 Å². The largest absolute Gasteiger partial charge is 0.295 e. The van der Waals surface area contributed by atoms with Crippen molar-refractivity contribution < 1.29 is 13.8 Å². The molecule has 0 atom stereocenters. The predicted molar refractivity (Wildman–Crippen MR) is 71.5 cm³/mol. The van der Waals surface area contributed by atoms with Gasteiger partial charge in [0.2, 0.25) is 0 Å². The highest BCUT2D eigenvalue weighted by Gasteiger charge is 2.28. The number of hydrogen-bond donors (Lipinski definition) is 0. The van der Waals surface area contributed by atoms with Crippen LogP contribution >= 0.6 is 0 Å².